The topological polar surface area (TPSA) is 49.4 Å². The van der Waals surface area contributed by atoms with Gasteiger partial charge < -0.3 is 10.2 Å². The molecule has 2 aliphatic rings. The second-order valence-corrected chi connectivity index (χ2v) is 8.24. The predicted molar refractivity (Wildman–Crippen MR) is 88.4 cm³/mol. The van der Waals surface area contributed by atoms with Crippen LogP contribution in [-0.2, 0) is 9.59 Å². The zero-order chi connectivity index (χ0) is 16.2. The number of nitrogens with one attached hydrogen (secondary N) is 1. The van der Waals surface area contributed by atoms with Crippen molar-refractivity contribution < 1.29 is 9.59 Å². The molecule has 0 radical (unpaired) electrons. The monoisotopic (exact) mass is 308 g/mol. The van der Waals surface area contributed by atoms with E-state index < -0.39 is 0 Å². The number of piperidine rings is 1. The van der Waals surface area contributed by atoms with E-state index in [1.54, 1.807) is 0 Å². The Morgan fingerprint density at radius 1 is 1.00 bits per heavy atom. The Morgan fingerprint density at radius 3 is 2.14 bits per heavy atom. The van der Waals surface area contributed by atoms with Gasteiger partial charge in [-0.1, -0.05) is 40.0 Å². The molecule has 4 heteroatoms. The maximum atomic E-state index is 12.5. The summed E-state index contributed by atoms with van der Waals surface area (Å²) in [7, 11) is 0. The summed E-state index contributed by atoms with van der Waals surface area (Å²) in [5.74, 6) is 0.768. The Balaban J connectivity index is 1.73. The molecular formula is C18H32N2O2. The largest absolute Gasteiger partial charge is 0.353 e. The van der Waals surface area contributed by atoms with Crippen LogP contribution in [0.2, 0.25) is 0 Å². The fourth-order valence-corrected chi connectivity index (χ4v) is 3.61. The van der Waals surface area contributed by atoms with E-state index in [1.807, 2.05) is 4.90 Å². The van der Waals surface area contributed by atoms with E-state index in [-0.39, 0.29) is 23.3 Å². The van der Waals surface area contributed by atoms with Crippen LogP contribution in [0, 0.1) is 11.3 Å². The van der Waals surface area contributed by atoms with Gasteiger partial charge in [0.05, 0.1) is 0 Å². The molecule has 1 aliphatic carbocycles. The third-order valence-corrected chi connectivity index (χ3v) is 4.82. The van der Waals surface area contributed by atoms with Crippen LogP contribution in [-0.4, -0.2) is 35.8 Å². The van der Waals surface area contributed by atoms with Gasteiger partial charge in [0.1, 0.15) is 0 Å². The molecule has 0 atom stereocenters. The molecule has 0 spiro atoms. The standard InChI is InChI=1S/C18H32N2O2/c1-18(2,3)13-16(21)19-15-9-11-20(12-10-15)17(22)14-7-5-4-6-8-14/h14-15H,4-13H2,1-3H3,(H,19,21). The summed E-state index contributed by atoms with van der Waals surface area (Å²) >= 11 is 0. The molecule has 0 unspecified atom stereocenters. The molecule has 22 heavy (non-hydrogen) atoms. The summed E-state index contributed by atoms with van der Waals surface area (Å²) in [5.41, 5.74) is 0.0295. The number of nitrogens with zero attached hydrogens (tertiary/aromatic N) is 1. The van der Waals surface area contributed by atoms with E-state index in [0.717, 1.165) is 38.8 Å². The normalized spacial score (nSPS) is 21.7. The summed E-state index contributed by atoms with van der Waals surface area (Å²) < 4.78 is 0. The summed E-state index contributed by atoms with van der Waals surface area (Å²) in [6.07, 6.45) is 8.19. The van der Waals surface area contributed by atoms with Gasteiger partial charge in [-0.2, -0.15) is 0 Å². The zero-order valence-corrected chi connectivity index (χ0v) is 14.5. The smallest absolute Gasteiger partial charge is 0.225 e. The maximum absolute atomic E-state index is 12.5. The minimum Gasteiger partial charge on any atom is -0.353 e. The van der Waals surface area contributed by atoms with Crippen LogP contribution in [0.1, 0.15) is 72.1 Å². The number of rotatable bonds is 3. The molecule has 0 aromatic rings. The molecule has 1 N–H and O–H groups in total. The Kier molecular flexibility index (Phi) is 5.87. The molecule has 2 fully saturated rings. The first-order chi connectivity index (χ1) is 10.3. The van der Waals surface area contributed by atoms with Crippen LogP contribution >= 0.6 is 0 Å². The Morgan fingerprint density at radius 2 is 1.59 bits per heavy atom. The second kappa shape index (κ2) is 7.47. The van der Waals surface area contributed by atoms with E-state index in [4.69, 9.17) is 0 Å². The first-order valence-electron chi connectivity index (χ1n) is 8.93. The fraction of sp³-hybridized carbons (Fsp3) is 0.889. The van der Waals surface area contributed by atoms with Crippen molar-refractivity contribution in [3.8, 4) is 0 Å². The van der Waals surface area contributed by atoms with Crippen molar-refractivity contribution in [2.75, 3.05) is 13.1 Å². The number of carbonyl (C=O) groups excluding carboxylic acids is 2. The number of carbonyl (C=O) groups is 2. The van der Waals surface area contributed by atoms with Crippen LogP contribution in [0.25, 0.3) is 0 Å². The molecule has 2 rings (SSSR count). The number of hydrogen-bond acceptors (Lipinski definition) is 2. The summed E-state index contributed by atoms with van der Waals surface area (Å²) in [6.45, 7) is 7.85. The Hall–Kier alpha value is -1.06. The minimum absolute atomic E-state index is 0.0295. The molecule has 0 aromatic heterocycles. The highest BCUT2D eigenvalue weighted by Gasteiger charge is 2.29. The van der Waals surface area contributed by atoms with Gasteiger partial charge in [-0.05, 0) is 31.1 Å². The average Bonchev–Trinajstić information content (AvgIpc) is 2.46. The number of likely N-dealkylation sites (tertiary alicyclic amines) is 1. The first-order valence-corrected chi connectivity index (χ1v) is 8.93. The van der Waals surface area contributed by atoms with Crippen LogP contribution in [0.4, 0.5) is 0 Å². The summed E-state index contributed by atoms with van der Waals surface area (Å²) in [6, 6.07) is 0.241. The van der Waals surface area contributed by atoms with E-state index >= 15 is 0 Å². The molecule has 0 aromatic carbocycles. The van der Waals surface area contributed by atoms with Gasteiger partial charge in [0.15, 0.2) is 0 Å². The summed E-state index contributed by atoms with van der Waals surface area (Å²) in [5, 5.41) is 3.14. The molecule has 1 heterocycles. The third kappa shape index (κ3) is 5.29. The Labute approximate surface area is 135 Å². The van der Waals surface area contributed by atoms with Gasteiger partial charge in [-0.15, -0.1) is 0 Å². The van der Waals surface area contributed by atoms with Gasteiger partial charge in [0.2, 0.25) is 11.8 Å². The lowest BCUT2D eigenvalue weighted by atomic mass is 9.87. The van der Waals surface area contributed by atoms with Crippen molar-refractivity contribution in [3.63, 3.8) is 0 Å². The van der Waals surface area contributed by atoms with Crippen LogP contribution in [0.3, 0.4) is 0 Å². The quantitative estimate of drug-likeness (QED) is 0.871. The number of amides is 2. The van der Waals surface area contributed by atoms with Gasteiger partial charge in [0.25, 0.3) is 0 Å². The van der Waals surface area contributed by atoms with E-state index in [1.165, 1.54) is 19.3 Å². The molecule has 126 valence electrons. The highest BCUT2D eigenvalue weighted by atomic mass is 16.2. The SMILES string of the molecule is CC(C)(C)CC(=O)NC1CCN(C(=O)C2CCCCC2)CC1. The molecule has 1 saturated carbocycles. The van der Waals surface area contributed by atoms with E-state index in [9.17, 15) is 9.59 Å². The molecule has 1 aliphatic heterocycles. The minimum atomic E-state index is 0.0295. The molecule has 2 amide bonds. The lowest BCUT2D eigenvalue weighted by molar-refractivity contribution is -0.137. The third-order valence-electron chi connectivity index (χ3n) is 4.82. The highest BCUT2D eigenvalue weighted by molar-refractivity contribution is 5.79. The van der Waals surface area contributed by atoms with Crippen molar-refractivity contribution in [2.24, 2.45) is 11.3 Å². The molecule has 0 bridgehead atoms. The lowest BCUT2D eigenvalue weighted by Crippen LogP contribution is -2.48. The van der Waals surface area contributed by atoms with E-state index in [2.05, 4.69) is 26.1 Å². The molecular weight excluding hydrogens is 276 g/mol. The maximum Gasteiger partial charge on any atom is 0.225 e. The van der Waals surface area contributed by atoms with Crippen molar-refractivity contribution in [1.29, 1.82) is 0 Å². The van der Waals surface area contributed by atoms with Crippen molar-refractivity contribution in [1.82, 2.24) is 10.2 Å². The van der Waals surface area contributed by atoms with Crippen molar-refractivity contribution >= 4 is 11.8 Å². The van der Waals surface area contributed by atoms with Crippen LogP contribution in [0.5, 0.6) is 0 Å². The van der Waals surface area contributed by atoms with Crippen molar-refractivity contribution in [2.45, 2.75) is 78.2 Å². The first kappa shape index (κ1) is 17.3. The summed E-state index contributed by atoms with van der Waals surface area (Å²) in [4.78, 5) is 26.5. The van der Waals surface area contributed by atoms with Gasteiger partial charge in [-0.3, -0.25) is 9.59 Å². The van der Waals surface area contributed by atoms with E-state index in [0.29, 0.717) is 12.3 Å². The van der Waals surface area contributed by atoms with Gasteiger partial charge in [-0.25, -0.2) is 0 Å². The average molecular weight is 308 g/mol. The fourth-order valence-electron chi connectivity index (χ4n) is 3.61. The molecule has 4 nitrogen and oxygen atoms in total. The zero-order valence-electron chi connectivity index (χ0n) is 14.5. The predicted octanol–water partition coefficient (Wildman–Crippen LogP) is 3.11. The second-order valence-electron chi connectivity index (χ2n) is 8.24. The molecule has 1 saturated heterocycles. The van der Waals surface area contributed by atoms with Crippen LogP contribution < -0.4 is 5.32 Å². The van der Waals surface area contributed by atoms with Gasteiger partial charge in [0, 0.05) is 31.5 Å². The van der Waals surface area contributed by atoms with Gasteiger partial charge >= 0.3 is 0 Å². The van der Waals surface area contributed by atoms with Crippen molar-refractivity contribution in [3.05, 3.63) is 0 Å². The highest BCUT2D eigenvalue weighted by Crippen LogP contribution is 2.26. The lowest BCUT2D eigenvalue weighted by Gasteiger charge is -2.35. The Bertz CT molecular complexity index is 386. The number of hydrogen-bond donors (Lipinski definition) is 1. The van der Waals surface area contributed by atoms with Crippen LogP contribution in [0.15, 0.2) is 0 Å².